The Labute approximate surface area is 796 Å². The van der Waals surface area contributed by atoms with Crippen LogP contribution in [-0.4, -0.2) is 173 Å². The number of carbonyl (C=O) groups excluding carboxylic acids is 4. The highest BCUT2D eigenvalue weighted by Crippen LogP contribution is 2.45. The normalized spacial score (nSPS) is 18.3. The number of nitrogens with two attached hydrogens (primary N) is 4. The smallest absolute Gasteiger partial charge is 0.405 e. The molecule has 0 aliphatic carbocycles. The van der Waals surface area contributed by atoms with Crippen LogP contribution < -0.4 is 55.3 Å². The standard InChI is InChI=1S/C19H23BN4O3.C19H14FN5O3.C15H20BNO3.C13H11BrN4O.C12H24B2O4.C6H3BrFNO2.C4H3Br2N3/c1-18(2)19(3,4)27-20(26-18)14-10-23-16(21)15(24-14)12-5-6-13-11(9-12)7-8-22-17(13)25;20-16-13(2-1-3-15(16)25(27)28)14-9-23-18(21)17(24-14)11-4-5-12-10(8-11)6-7-22-19(12)26;1-14(2)15(3,4)20-16(19-14)11-5-6-12-10(9-11)7-8-17-13(12)18;14-10-6-17-12(15)11(18-10)8-1-2-9-7(5-8)3-4-16-13(9)19;1-9(2)10(3,4)16-13(15-9)14-17-11(5,6)12(7,8)18-14;7-4-2-1-3-5(6(4)8)9(10)11;5-2-1-8-4(7)3(6)9-2/h5-6,9-10H,7-8H2,1-4H3,(H2,21,23)(H,22,25);1-5,8-9H,6-7H2,(H2,21,23)(H,22,26);5-6,9H,7-8H2,1-4H3,(H,17,18);1-2,5-6H,3-4H2,(H2,15,17)(H,16,19);1-8H3;1-3H;1H,(H2,7,8). The number of nitro benzene ring substituents is 2. The first-order valence-corrected chi connectivity index (χ1v) is 45.0. The molecule has 12 N–H and O–H groups in total. The maximum atomic E-state index is 14.5. The molecule has 0 bridgehead atoms. The number of nitrogens with one attached hydrogen (secondary N) is 4. The molecule has 0 unspecified atom stereocenters. The topological polar surface area (TPSA) is 484 Å². The fourth-order valence-electron chi connectivity index (χ4n) is 14.2. The lowest BCUT2D eigenvalue weighted by atomic mass is 9.49. The largest absolute Gasteiger partial charge is 0.516 e. The summed E-state index contributed by atoms with van der Waals surface area (Å²) in [7, 11) is -1.92. The van der Waals surface area contributed by atoms with E-state index in [0.717, 1.165) is 81.4 Å². The van der Waals surface area contributed by atoms with Crippen molar-refractivity contribution in [1.82, 2.24) is 61.1 Å². The zero-order valence-electron chi connectivity index (χ0n) is 75.2. The second-order valence-corrected chi connectivity index (χ2v) is 38.8. The van der Waals surface area contributed by atoms with E-state index < -0.39 is 65.2 Å². The molecule has 12 heterocycles. The molecular formula is C88H98B4Br4F2N18O16. The van der Waals surface area contributed by atoms with Gasteiger partial charge in [0.25, 0.3) is 23.6 Å². The van der Waals surface area contributed by atoms with Gasteiger partial charge in [0.2, 0.25) is 11.6 Å². The van der Waals surface area contributed by atoms with E-state index in [4.69, 9.17) is 60.2 Å². The van der Waals surface area contributed by atoms with Crippen molar-refractivity contribution < 1.29 is 75.0 Å². The molecule has 8 aliphatic heterocycles. The van der Waals surface area contributed by atoms with E-state index in [1.807, 2.05) is 165 Å². The van der Waals surface area contributed by atoms with Gasteiger partial charge in [0.15, 0.2) is 5.82 Å². The Morgan fingerprint density at radius 1 is 0.379 bits per heavy atom. The van der Waals surface area contributed by atoms with E-state index in [1.54, 1.807) is 36.8 Å². The van der Waals surface area contributed by atoms with Crippen LogP contribution in [-0.2, 0) is 62.9 Å². The van der Waals surface area contributed by atoms with E-state index in [9.17, 15) is 48.2 Å². The van der Waals surface area contributed by atoms with E-state index in [0.29, 0.717) is 103 Å². The number of fused-ring (bicyclic) bond motifs is 4. The lowest BCUT2D eigenvalue weighted by Crippen LogP contribution is -2.41. The maximum Gasteiger partial charge on any atom is 0.516 e. The van der Waals surface area contributed by atoms with Crippen molar-refractivity contribution in [3.63, 3.8) is 0 Å². The van der Waals surface area contributed by atoms with Crippen molar-refractivity contribution in [3.05, 3.63) is 229 Å². The van der Waals surface area contributed by atoms with Crippen LogP contribution in [0.1, 0.15) is 174 Å². The Hall–Kier alpha value is -10.8. The molecule has 34 nitrogen and oxygen atoms in total. The summed E-state index contributed by atoms with van der Waals surface area (Å²) in [6.07, 6.45) is 9.08. The number of hydrogen-bond donors (Lipinski definition) is 8. The van der Waals surface area contributed by atoms with Gasteiger partial charge in [0.05, 0.1) is 89.0 Å². The fourth-order valence-corrected chi connectivity index (χ4v) is 15.6. The number of carbonyl (C=O) groups is 4. The van der Waals surface area contributed by atoms with Gasteiger partial charge in [-0.25, -0.2) is 34.9 Å². The van der Waals surface area contributed by atoms with Crippen LogP contribution in [0.4, 0.5) is 43.4 Å². The summed E-state index contributed by atoms with van der Waals surface area (Å²) in [6, 6.07) is 30.0. The van der Waals surface area contributed by atoms with Gasteiger partial charge in [0, 0.05) is 89.0 Å². The number of nitro groups is 2. The highest BCUT2D eigenvalue weighted by atomic mass is 79.9. The highest BCUT2D eigenvalue weighted by molar-refractivity contribution is 9.11. The highest BCUT2D eigenvalue weighted by Gasteiger charge is 2.64. The van der Waals surface area contributed by atoms with Crippen LogP contribution in [0.2, 0.25) is 0 Å². The fraction of sp³-hybridized carbons (Fsp3) is 0.364. The average molecular weight is 2060 g/mol. The van der Waals surface area contributed by atoms with Gasteiger partial charge in [-0.2, -0.15) is 8.78 Å². The number of nitrogen functional groups attached to an aromatic ring is 4. The molecule has 4 amide bonds. The molecule has 44 heteroatoms. The van der Waals surface area contributed by atoms with E-state index in [2.05, 4.69) is 125 Å². The molecule has 6 aromatic carbocycles. The molecule has 18 rings (SSSR count). The summed E-state index contributed by atoms with van der Waals surface area (Å²) in [4.78, 5) is 100. The van der Waals surface area contributed by atoms with Gasteiger partial charge in [-0.3, -0.25) is 44.4 Å². The van der Waals surface area contributed by atoms with Crippen LogP contribution >= 0.6 is 63.7 Å². The third-order valence-corrected chi connectivity index (χ3v) is 26.4. The van der Waals surface area contributed by atoms with Crippen molar-refractivity contribution in [2.24, 2.45) is 0 Å². The molecule has 8 aliphatic rings. The summed E-state index contributed by atoms with van der Waals surface area (Å²) in [5, 5.41) is 32.4. The van der Waals surface area contributed by atoms with Crippen LogP contribution in [0.15, 0.2) is 152 Å². The van der Waals surface area contributed by atoms with Gasteiger partial charge < -0.3 is 81.4 Å². The van der Waals surface area contributed by atoms with Crippen LogP contribution in [0.5, 0.6) is 0 Å². The lowest BCUT2D eigenvalue weighted by Gasteiger charge is -2.32. The Kier molecular flexibility index (Phi) is 30.2. The average Bonchev–Trinajstić information content (AvgIpc) is 1.59. The van der Waals surface area contributed by atoms with Crippen molar-refractivity contribution in [2.45, 2.75) is 181 Å². The zero-order chi connectivity index (χ0) is 96.4. The van der Waals surface area contributed by atoms with Crippen LogP contribution in [0.25, 0.3) is 45.0 Å². The molecule has 4 saturated heterocycles. The maximum absolute atomic E-state index is 14.5. The quantitative estimate of drug-likeness (QED) is 0.0378. The second kappa shape index (κ2) is 39.8. The monoisotopic (exact) mass is 2060 g/mol. The Bertz CT molecular complexity index is 6060. The van der Waals surface area contributed by atoms with Crippen molar-refractivity contribution in [1.29, 1.82) is 0 Å². The first kappa shape index (κ1) is 100. The lowest BCUT2D eigenvalue weighted by molar-refractivity contribution is -0.387. The molecule has 132 heavy (non-hydrogen) atoms. The Morgan fingerprint density at radius 3 is 1.11 bits per heavy atom. The van der Waals surface area contributed by atoms with Crippen molar-refractivity contribution >= 4 is 161 Å². The molecule has 0 spiro atoms. The predicted octanol–water partition coefficient (Wildman–Crippen LogP) is 13.4. The first-order chi connectivity index (χ1) is 61.8. The summed E-state index contributed by atoms with van der Waals surface area (Å²) in [6.45, 7) is 34.9. The minimum Gasteiger partial charge on any atom is -0.405 e. The van der Waals surface area contributed by atoms with Gasteiger partial charge in [0.1, 0.15) is 48.3 Å². The molecule has 10 aromatic rings. The number of anilines is 4. The van der Waals surface area contributed by atoms with Crippen molar-refractivity contribution in [3.8, 4) is 45.0 Å². The Morgan fingerprint density at radius 2 is 0.712 bits per heavy atom. The Balaban J connectivity index is 0.000000143. The van der Waals surface area contributed by atoms with Gasteiger partial charge >= 0.3 is 39.6 Å². The third kappa shape index (κ3) is 22.3. The molecule has 0 saturated carbocycles. The third-order valence-electron chi connectivity index (χ3n) is 24.4. The molecule has 4 aromatic heterocycles. The van der Waals surface area contributed by atoms with Crippen LogP contribution in [0, 0.1) is 31.9 Å². The first-order valence-electron chi connectivity index (χ1n) is 41.9. The SMILES string of the molecule is CC1(C)OB(B2OC(C)(C)C(C)(C)O2)OC1(C)C.CC1(C)OB(c2ccc3c(c2)CCNC3=O)OC1(C)C.CC1(C)OB(c2cnc(N)c(-c3ccc4c(c3)CCNC4=O)n2)OC1(C)C.Nc1ncc(-c2cccc([N+](=O)[O-])c2F)nc1-c1ccc2c(c1)CCNC2=O.Nc1ncc(Br)nc1-c1ccc2c(c1)CCNC2=O.Nc1ncc(Br)nc1Br.O=[N+]([O-])c1cccc(Br)c1F. The minimum absolute atomic E-state index is 0.00622. The summed E-state index contributed by atoms with van der Waals surface area (Å²) in [5.41, 5.74) is 31.2. The van der Waals surface area contributed by atoms with E-state index in [-0.39, 0.29) is 85.9 Å². The van der Waals surface area contributed by atoms with Gasteiger partial charge in [-0.15, -0.1) is 0 Å². The molecule has 690 valence electrons. The van der Waals surface area contributed by atoms with Gasteiger partial charge in [-0.05, 0) is 282 Å². The minimum atomic E-state index is -0.986. The number of halogens is 6. The van der Waals surface area contributed by atoms with Gasteiger partial charge in [-0.1, -0.05) is 42.5 Å². The molecule has 0 radical (unpaired) electrons. The van der Waals surface area contributed by atoms with Crippen molar-refractivity contribution in [2.75, 3.05) is 49.1 Å². The number of rotatable bonds is 9. The summed E-state index contributed by atoms with van der Waals surface area (Å²) < 4.78 is 77.3. The van der Waals surface area contributed by atoms with E-state index in [1.165, 1.54) is 30.5 Å². The second-order valence-electron chi connectivity index (χ2n) is 35.5. The number of aromatic nitrogens is 8. The van der Waals surface area contributed by atoms with E-state index >= 15 is 0 Å². The molecule has 0 atom stereocenters. The van der Waals surface area contributed by atoms with Crippen LogP contribution in [0.3, 0.4) is 0 Å². The number of benzene rings is 6. The molecular weight excluding hydrogens is 1970 g/mol. The zero-order valence-corrected chi connectivity index (χ0v) is 81.6. The number of nitrogens with zero attached hydrogens (tertiary/aromatic N) is 10. The predicted molar refractivity (Wildman–Crippen MR) is 512 cm³/mol. The summed E-state index contributed by atoms with van der Waals surface area (Å²) >= 11 is 12.4. The number of amides is 4. The number of hydrogen-bond acceptors (Lipinski definition) is 28. The molecule has 4 fully saturated rings. The summed E-state index contributed by atoms with van der Waals surface area (Å²) in [5.74, 6) is -0.788.